The zero-order chi connectivity index (χ0) is 13.5. The van der Waals surface area contributed by atoms with Crippen molar-refractivity contribution in [3.8, 4) is 0 Å². The molecule has 0 saturated heterocycles. The van der Waals surface area contributed by atoms with Gasteiger partial charge in [-0.2, -0.15) is 0 Å². The Morgan fingerprint density at radius 2 is 1.67 bits per heavy atom. The smallest absolute Gasteiger partial charge is 0.0499 e. The summed E-state index contributed by atoms with van der Waals surface area (Å²) in [7, 11) is 0. The third-order valence-electron chi connectivity index (χ3n) is 4.83. The number of aliphatic hydroxyl groups excluding tert-OH is 1. The molecule has 0 aromatic heterocycles. The van der Waals surface area contributed by atoms with Gasteiger partial charge in [-0.3, -0.25) is 0 Å². The molecule has 0 spiro atoms. The second kappa shape index (κ2) is 7.99. The molecule has 0 aromatic carbocycles. The van der Waals surface area contributed by atoms with E-state index in [4.69, 9.17) is 0 Å². The summed E-state index contributed by atoms with van der Waals surface area (Å²) < 4.78 is 0. The molecule has 0 amide bonds. The van der Waals surface area contributed by atoms with Gasteiger partial charge in [0.1, 0.15) is 0 Å². The molecule has 0 saturated carbocycles. The summed E-state index contributed by atoms with van der Waals surface area (Å²) in [5, 5.41) is 9.76. The maximum absolute atomic E-state index is 9.76. The van der Waals surface area contributed by atoms with Crippen molar-refractivity contribution in [1.82, 2.24) is 0 Å². The van der Waals surface area contributed by atoms with E-state index in [9.17, 15) is 5.11 Å². The van der Waals surface area contributed by atoms with Crippen molar-refractivity contribution in [2.45, 2.75) is 72.6 Å². The molecule has 1 unspecified atom stereocenters. The van der Waals surface area contributed by atoms with E-state index in [1.807, 2.05) is 0 Å². The minimum atomic E-state index is 0.347. The molecule has 0 fully saturated rings. The van der Waals surface area contributed by atoms with Gasteiger partial charge >= 0.3 is 0 Å². The third kappa shape index (κ3) is 3.85. The fourth-order valence-corrected chi connectivity index (χ4v) is 3.34. The highest BCUT2D eigenvalue weighted by molar-refractivity contribution is 5.22. The predicted octanol–water partition coefficient (Wildman–Crippen LogP) is 4.95. The minimum Gasteiger partial charge on any atom is -0.396 e. The molecule has 1 nitrogen and oxygen atoms in total. The van der Waals surface area contributed by atoms with E-state index in [-0.39, 0.29) is 0 Å². The zero-order valence-corrected chi connectivity index (χ0v) is 12.8. The number of aliphatic hydroxyl groups is 1. The van der Waals surface area contributed by atoms with Gasteiger partial charge in [-0.05, 0) is 43.9 Å². The average Bonchev–Trinajstić information content (AvgIpc) is 2.37. The first-order valence-electron chi connectivity index (χ1n) is 7.97. The Labute approximate surface area is 114 Å². The normalized spacial score (nSPS) is 28.8. The Hall–Kier alpha value is -0.300. The first-order valence-corrected chi connectivity index (χ1v) is 7.97. The van der Waals surface area contributed by atoms with Gasteiger partial charge in [-0.1, -0.05) is 51.7 Å². The van der Waals surface area contributed by atoms with Crippen LogP contribution in [0.3, 0.4) is 0 Å². The standard InChI is InChI=1S/C17H32O/c1-5-7-9-15-11-13(3)14(4)17(12-18)16(15)10-8-6-2/h13-14,17-18H,5-12H2,1-4H3/t13-,14-,17?/m1/s1. The Bertz CT molecular complexity index is 267. The molecule has 106 valence electrons. The molecule has 0 bridgehead atoms. The highest BCUT2D eigenvalue weighted by Crippen LogP contribution is 2.42. The van der Waals surface area contributed by atoms with E-state index in [1.54, 1.807) is 11.1 Å². The number of hydrogen-bond acceptors (Lipinski definition) is 1. The Balaban J connectivity index is 2.89. The Morgan fingerprint density at radius 1 is 1.06 bits per heavy atom. The molecule has 3 atom stereocenters. The van der Waals surface area contributed by atoms with Crippen molar-refractivity contribution in [3.05, 3.63) is 11.1 Å². The summed E-state index contributed by atoms with van der Waals surface area (Å²) in [6.07, 6.45) is 8.88. The lowest BCUT2D eigenvalue weighted by Crippen LogP contribution is -2.30. The number of allylic oxidation sites excluding steroid dienone is 1. The highest BCUT2D eigenvalue weighted by atomic mass is 16.3. The zero-order valence-electron chi connectivity index (χ0n) is 12.8. The van der Waals surface area contributed by atoms with Crippen molar-refractivity contribution >= 4 is 0 Å². The molecule has 1 rings (SSSR count). The van der Waals surface area contributed by atoms with Gasteiger partial charge in [-0.15, -0.1) is 0 Å². The summed E-state index contributed by atoms with van der Waals surface area (Å²) in [5.41, 5.74) is 3.31. The van der Waals surface area contributed by atoms with E-state index in [0.717, 1.165) is 5.92 Å². The van der Waals surface area contributed by atoms with Crippen LogP contribution in [-0.2, 0) is 0 Å². The highest BCUT2D eigenvalue weighted by Gasteiger charge is 2.31. The van der Waals surface area contributed by atoms with E-state index in [0.29, 0.717) is 18.4 Å². The largest absolute Gasteiger partial charge is 0.396 e. The van der Waals surface area contributed by atoms with Crippen molar-refractivity contribution in [2.24, 2.45) is 17.8 Å². The quantitative estimate of drug-likeness (QED) is 0.636. The molecule has 0 radical (unpaired) electrons. The second-order valence-electron chi connectivity index (χ2n) is 6.17. The van der Waals surface area contributed by atoms with Gasteiger partial charge in [0.2, 0.25) is 0 Å². The van der Waals surface area contributed by atoms with Gasteiger partial charge in [0.05, 0.1) is 0 Å². The second-order valence-corrected chi connectivity index (χ2v) is 6.17. The molecular weight excluding hydrogens is 220 g/mol. The molecular formula is C17H32O. The fourth-order valence-electron chi connectivity index (χ4n) is 3.34. The fraction of sp³-hybridized carbons (Fsp3) is 0.882. The maximum atomic E-state index is 9.76. The predicted molar refractivity (Wildman–Crippen MR) is 79.6 cm³/mol. The first kappa shape index (κ1) is 15.8. The van der Waals surface area contributed by atoms with Crippen LogP contribution in [0.5, 0.6) is 0 Å². The number of hydrogen-bond donors (Lipinski definition) is 1. The molecule has 0 heterocycles. The van der Waals surface area contributed by atoms with Crippen LogP contribution in [0.1, 0.15) is 72.6 Å². The summed E-state index contributed by atoms with van der Waals surface area (Å²) in [6.45, 7) is 9.56. The molecule has 0 aliphatic heterocycles. The van der Waals surface area contributed by atoms with Crippen molar-refractivity contribution in [3.63, 3.8) is 0 Å². The van der Waals surface area contributed by atoms with Crippen molar-refractivity contribution < 1.29 is 5.11 Å². The van der Waals surface area contributed by atoms with Crippen molar-refractivity contribution in [1.29, 1.82) is 0 Å². The SMILES string of the molecule is CCCCC1=C(CCCC)C(CO)[C@H](C)[C@H](C)C1. The summed E-state index contributed by atoms with van der Waals surface area (Å²) in [4.78, 5) is 0. The lowest BCUT2D eigenvalue weighted by atomic mass is 9.68. The molecule has 1 aliphatic carbocycles. The lowest BCUT2D eigenvalue weighted by Gasteiger charge is -2.37. The molecule has 0 aromatic rings. The van der Waals surface area contributed by atoms with Crippen LogP contribution in [0.15, 0.2) is 11.1 Å². The van der Waals surface area contributed by atoms with E-state index < -0.39 is 0 Å². The molecule has 1 aliphatic rings. The van der Waals surface area contributed by atoms with E-state index >= 15 is 0 Å². The van der Waals surface area contributed by atoms with Gasteiger partial charge < -0.3 is 5.11 Å². The van der Waals surface area contributed by atoms with Gasteiger partial charge in [0.25, 0.3) is 0 Å². The van der Waals surface area contributed by atoms with Crippen LogP contribution in [0, 0.1) is 17.8 Å². The average molecular weight is 252 g/mol. The molecule has 18 heavy (non-hydrogen) atoms. The number of rotatable bonds is 7. The van der Waals surface area contributed by atoms with Crippen LogP contribution in [0.2, 0.25) is 0 Å². The van der Waals surface area contributed by atoms with Crippen LogP contribution in [0.4, 0.5) is 0 Å². The monoisotopic (exact) mass is 252 g/mol. The van der Waals surface area contributed by atoms with Crippen LogP contribution >= 0.6 is 0 Å². The van der Waals surface area contributed by atoms with Crippen LogP contribution < -0.4 is 0 Å². The minimum absolute atomic E-state index is 0.347. The maximum Gasteiger partial charge on any atom is 0.0499 e. The topological polar surface area (TPSA) is 20.2 Å². The van der Waals surface area contributed by atoms with Crippen LogP contribution in [-0.4, -0.2) is 11.7 Å². The van der Waals surface area contributed by atoms with Gasteiger partial charge in [0, 0.05) is 12.5 Å². The van der Waals surface area contributed by atoms with Gasteiger partial charge in [0.15, 0.2) is 0 Å². The third-order valence-corrected chi connectivity index (χ3v) is 4.83. The first-order chi connectivity index (χ1) is 8.65. The van der Waals surface area contributed by atoms with E-state index in [2.05, 4.69) is 27.7 Å². The molecule has 1 N–H and O–H groups in total. The summed E-state index contributed by atoms with van der Waals surface area (Å²) >= 11 is 0. The Kier molecular flexibility index (Phi) is 6.99. The van der Waals surface area contributed by atoms with E-state index in [1.165, 1.54) is 44.9 Å². The van der Waals surface area contributed by atoms with Crippen molar-refractivity contribution in [2.75, 3.05) is 6.61 Å². The summed E-state index contributed by atoms with van der Waals surface area (Å²) in [6, 6.07) is 0. The lowest BCUT2D eigenvalue weighted by molar-refractivity contribution is 0.158. The number of unbranched alkanes of at least 4 members (excludes halogenated alkanes) is 2. The Morgan fingerprint density at radius 3 is 2.22 bits per heavy atom. The van der Waals surface area contributed by atoms with Crippen LogP contribution in [0.25, 0.3) is 0 Å². The molecule has 1 heteroatoms. The summed E-state index contributed by atoms with van der Waals surface area (Å²) in [5.74, 6) is 1.82. The van der Waals surface area contributed by atoms with Gasteiger partial charge in [-0.25, -0.2) is 0 Å².